The smallest absolute Gasteiger partial charge is 0.153 e. The van der Waals surface area contributed by atoms with Crippen molar-refractivity contribution in [1.82, 2.24) is 4.98 Å². The molecule has 1 heterocycles. The molecule has 16 heavy (non-hydrogen) atoms. The minimum absolute atomic E-state index is 0.533. The molecule has 0 amide bonds. The van der Waals surface area contributed by atoms with Gasteiger partial charge in [-0.05, 0) is 52.9 Å². The van der Waals surface area contributed by atoms with Gasteiger partial charge in [-0.15, -0.1) is 0 Å². The third-order valence-electron chi connectivity index (χ3n) is 1.99. The van der Waals surface area contributed by atoms with Gasteiger partial charge in [0.1, 0.15) is 0 Å². The molecule has 0 saturated heterocycles. The average Bonchev–Trinajstić information content (AvgIpc) is 2.25. The fourth-order valence-corrected chi connectivity index (χ4v) is 1.76. The highest BCUT2D eigenvalue weighted by atomic mass is 127. The van der Waals surface area contributed by atoms with E-state index in [9.17, 15) is 0 Å². The number of pyridine rings is 1. The van der Waals surface area contributed by atoms with Crippen molar-refractivity contribution in [3.63, 3.8) is 0 Å². The van der Waals surface area contributed by atoms with E-state index in [-0.39, 0.29) is 0 Å². The normalized spacial score (nSPS) is 10.1. The van der Waals surface area contributed by atoms with Crippen molar-refractivity contribution >= 4 is 51.4 Å². The van der Waals surface area contributed by atoms with Crippen molar-refractivity contribution in [3.8, 4) is 0 Å². The van der Waals surface area contributed by atoms with Crippen LogP contribution in [0.5, 0.6) is 0 Å². The first-order valence-corrected chi connectivity index (χ1v) is 6.04. The Morgan fingerprint density at radius 3 is 2.56 bits per heavy atom. The van der Waals surface area contributed by atoms with Crippen LogP contribution in [-0.2, 0) is 0 Å². The molecule has 3 N–H and O–H groups in total. The van der Waals surface area contributed by atoms with E-state index in [1.807, 2.05) is 24.3 Å². The summed E-state index contributed by atoms with van der Waals surface area (Å²) in [6.45, 7) is 0. The summed E-state index contributed by atoms with van der Waals surface area (Å²) in [5.74, 6) is 0.616. The maximum atomic E-state index is 5.79. The van der Waals surface area contributed by atoms with E-state index in [1.165, 1.54) is 3.57 Å². The van der Waals surface area contributed by atoms with Gasteiger partial charge in [-0.25, -0.2) is 4.98 Å². The molecule has 82 valence electrons. The Hall–Kier alpha value is -1.01. The third kappa shape index (κ3) is 2.76. The maximum Gasteiger partial charge on any atom is 0.153 e. The number of nitrogens with one attached hydrogen (secondary N) is 1. The van der Waals surface area contributed by atoms with Gasteiger partial charge in [0.25, 0.3) is 0 Å². The quantitative estimate of drug-likeness (QED) is 0.817. The van der Waals surface area contributed by atoms with Crippen LogP contribution in [0.2, 0.25) is 5.02 Å². The van der Waals surface area contributed by atoms with E-state index in [2.05, 4.69) is 32.9 Å². The molecule has 0 fully saturated rings. The number of nitrogen functional groups attached to an aromatic ring is 1. The fraction of sp³-hybridized carbons (Fsp3) is 0. The van der Waals surface area contributed by atoms with Crippen LogP contribution in [0.25, 0.3) is 0 Å². The monoisotopic (exact) mass is 345 g/mol. The molecule has 2 rings (SSSR count). The van der Waals surface area contributed by atoms with Crippen LogP contribution in [-0.4, -0.2) is 4.98 Å². The lowest BCUT2D eigenvalue weighted by Gasteiger charge is -2.08. The molecule has 0 atom stereocenters. The summed E-state index contributed by atoms with van der Waals surface area (Å²) in [7, 11) is 0. The number of anilines is 3. The summed E-state index contributed by atoms with van der Waals surface area (Å²) >= 11 is 8.02. The Kier molecular flexibility index (Phi) is 3.50. The number of nitrogens with zero attached hydrogens (tertiary/aromatic N) is 1. The van der Waals surface area contributed by atoms with Crippen LogP contribution in [0.15, 0.2) is 36.5 Å². The zero-order chi connectivity index (χ0) is 11.5. The average molecular weight is 346 g/mol. The molecule has 0 bridgehead atoms. The minimum Gasteiger partial charge on any atom is -0.396 e. The van der Waals surface area contributed by atoms with Crippen molar-refractivity contribution in [2.24, 2.45) is 0 Å². The Labute approximate surface area is 112 Å². The third-order valence-corrected chi connectivity index (χ3v) is 2.92. The summed E-state index contributed by atoms with van der Waals surface area (Å²) < 4.78 is 1.18. The topological polar surface area (TPSA) is 50.9 Å². The van der Waals surface area contributed by atoms with Crippen LogP contribution in [0.4, 0.5) is 17.2 Å². The van der Waals surface area contributed by atoms with E-state index in [0.717, 1.165) is 5.69 Å². The highest BCUT2D eigenvalue weighted by Crippen LogP contribution is 2.23. The van der Waals surface area contributed by atoms with Gasteiger partial charge < -0.3 is 11.1 Å². The number of halogens is 2. The van der Waals surface area contributed by atoms with Gasteiger partial charge in [0.05, 0.1) is 10.7 Å². The Bertz CT molecular complexity index is 499. The maximum absolute atomic E-state index is 5.79. The second-order valence-electron chi connectivity index (χ2n) is 3.22. The molecule has 0 radical (unpaired) electrons. The largest absolute Gasteiger partial charge is 0.396 e. The fourth-order valence-electron chi connectivity index (χ4n) is 1.23. The second kappa shape index (κ2) is 4.88. The molecular weight excluding hydrogens is 336 g/mol. The summed E-state index contributed by atoms with van der Waals surface area (Å²) in [6.07, 6.45) is 1.56. The Morgan fingerprint density at radius 1 is 1.25 bits per heavy atom. The van der Waals surface area contributed by atoms with Gasteiger partial charge in [0.2, 0.25) is 0 Å². The summed E-state index contributed by atoms with van der Waals surface area (Å²) in [5.41, 5.74) is 7.27. The standard InChI is InChI=1S/C11H9ClIN3/c12-7-5-10(14)11(15-6-7)16-9-3-1-8(13)2-4-9/h1-6H,14H2,(H,15,16). The molecule has 2 aromatic rings. The molecule has 1 aromatic heterocycles. The van der Waals surface area contributed by atoms with Gasteiger partial charge in [0.15, 0.2) is 5.82 Å². The van der Waals surface area contributed by atoms with Gasteiger partial charge in [-0.3, -0.25) is 0 Å². The van der Waals surface area contributed by atoms with E-state index < -0.39 is 0 Å². The number of benzene rings is 1. The SMILES string of the molecule is Nc1cc(Cl)cnc1Nc1ccc(I)cc1. The van der Waals surface area contributed by atoms with E-state index in [1.54, 1.807) is 12.3 Å². The molecule has 0 aliphatic carbocycles. The van der Waals surface area contributed by atoms with Crippen LogP contribution >= 0.6 is 34.2 Å². The lowest BCUT2D eigenvalue weighted by molar-refractivity contribution is 1.31. The molecule has 1 aromatic carbocycles. The van der Waals surface area contributed by atoms with Gasteiger partial charge in [-0.1, -0.05) is 11.6 Å². The van der Waals surface area contributed by atoms with Crippen LogP contribution in [0.3, 0.4) is 0 Å². The van der Waals surface area contributed by atoms with Crippen molar-refractivity contribution in [2.75, 3.05) is 11.1 Å². The highest BCUT2D eigenvalue weighted by molar-refractivity contribution is 14.1. The lowest BCUT2D eigenvalue weighted by atomic mass is 10.3. The highest BCUT2D eigenvalue weighted by Gasteiger charge is 2.01. The van der Waals surface area contributed by atoms with Crippen molar-refractivity contribution < 1.29 is 0 Å². The van der Waals surface area contributed by atoms with Crippen LogP contribution in [0, 0.1) is 3.57 Å². The predicted octanol–water partition coefficient (Wildman–Crippen LogP) is 3.67. The van der Waals surface area contributed by atoms with Gasteiger partial charge in [-0.2, -0.15) is 0 Å². The molecule has 0 saturated carbocycles. The van der Waals surface area contributed by atoms with Gasteiger partial charge in [0, 0.05) is 15.5 Å². The molecular formula is C11H9ClIN3. The number of rotatable bonds is 2. The predicted molar refractivity (Wildman–Crippen MR) is 76.1 cm³/mol. The van der Waals surface area contributed by atoms with Crippen LogP contribution < -0.4 is 11.1 Å². The molecule has 5 heteroatoms. The second-order valence-corrected chi connectivity index (χ2v) is 4.91. The van der Waals surface area contributed by atoms with Gasteiger partial charge >= 0.3 is 0 Å². The first-order chi connectivity index (χ1) is 7.65. The van der Waals surface area contributed by atoms with Crippen molar-refractivity contribution in [1.29, 1.82) is 0 Å². The molecule has 0 aliphatic rings. The van der Waals surface area contributed by atoms with E-state index >= 15 is 0 Å². The lowest BCUT2D eigenvalue weighted by Crippen LogP contribution is -1.98. The first-order valence-electron chi connectivity index (χ1n) is 4.59. The van der Waals surface area contributed by atoms with E-state index in [0.29, 0.717) is 16.5 Å². The Morgan fingerprint density at radius 2 is 1.94 bits per heavy atom. The zero-order valence-corrected chi connectivity index (χ0v) is 11.2. The number of aromatic nitrogens is 1. The zero-order valence-electron chi connectivity index (χ0n) is 8.24. The summed E-state index contributed by atoms with van der Waals surface area (Å²) in [6, 6.07) is 9.63. The summed E-state index contributed by atoms with van der Waals surface area (Å²) in [5, 5.41) is 3.66. The first kappa shape index (κ1) is 11.5. The van der Waals surface area contributed by atoms with Crippen molar-refractivity contribution in [3.05, 3.63) is 45.1 Å². The van der Waals surface area contributed by atoms with E-state index in [4.69, 9.17) is 17.3 Å². The van der Waals surface area contributed by atoms with Crippen LogP contribution in [0.1, 0.15) is 0 Å². The molecule has 0 aliphatic heterocycles. The summed E-state index contributed by atoms with van der Waals surface area (Å²) in [4.78, 5) is 4.13. The number of nitrogens with two attached hydrogens (primary N) is 1. The van der Waals surface area contributed by atoms with Crippen molar-refractivity contribution in [2.45, 2.75) is 0 Å². The molecule has 0 spiro atoms. The Balaban J connectivity index is 2.23. The number of hydrogen-bond donors (Lipinski definition) is 2. The molecule has 0 unspecified atom stereocenters. The molecule has 3 nitrogen and oxygen atoms in total. The minimum atomic E-state index is 0.533. The number of hydrogen-bond acceptors (Lipinski definition) is 3.